The molecule has 7 heteroatoms. The van der Waals surface area contributed by atoms with E-state index < -0.39 is 0 Å². The molecular formula is C25H30N2O5. The molecule has 2 aliphatic rings. The van der Waals surface area contributed by atoms with Gasteiger partial charge in [-0.3, -0.25) is 9.69 Å². The number of benzene rings is 2. The molecule has 2 unspecified atom stereocenters. The van der Waals surface area contributed by atoms with E-state index in [9.17, 15) is 4.79 Å². The number of methoxy groups -OCH3 is 3. The molecule has 1 amide bonds. The molecule has 2 heterocycles. The molecule has 1 fully saturated rings. The van der Waals surface area contributed by atoms with Gasteiger partial charge in [0.2, 0.25) is 5.75 Å². The van der Waals surface area contributed by atoms with Gasteiger partial charge in [-0.25, -0.2) is 0 Å². The molecule has 32 heavy (non-hydrogen) atoms. The van der Waals surface area contributed by atoms with Crippen molar-refractivity contribution in [3.63, 3.8) is 0 Å². The highest BCUT2D eigenvalue weighted by atomic mass is 16.5. The Morgan fingerprint density at radius 2 is 1.66 bits per heavy atom. The van der Waals surface area contributed by atoms with Crippen LogP contribution in [0.4, 0.5) is 0 Å². The Morgan fingerprint density at radius 1 is 1.00 bits per heavy atom. The molecule has 170 valence electrons. The lowest BCUT2D eigenvalue weighted by Crippen LogP contribution is -2.54. The van der Waals surface area contributed by atoms with Crippen LogP contribution in [0.15, 0.2) is 42.5 Å². The van der Waals surface area contributed by atoms with Gasteiger partial charge in [-0.15, -0.1) is 0 Å². The third-order valence-electron chi connectivity index (χ3n) is 6.21. The molecule has 0 saturated carbocycles. The molecule has 4 rings (SSSR count). The van der Waals surface area contributed by atoms with E-state index in [1.807, 2.05) is 23.1 Å². The fraction of sp³-hybridized carbons (Fsp3) is 0.400. The number of hydrogen-bond acceptors (Lipinski definition) is 6. The van der Waals surface area contributed by atoms with Crippen LogP contribution in [-0.4, -0.2) is 75.4 Å². The second-order valence-electron chi connectivity index (χ2n) is 7.96. The SMILES string of the molecule is COc1cc(C(=O)N2CCN(C(C)C3C=Cc4ccccc4O3)CC2)cc(OC)c1OC. The van der Waals surface area contributed by atoms with Crippen molar-refractivity contribution in [1.29, 1.82) is 0 Å². The number of para-hydroxylation sites is 1. The lowest BCUT2D eigenvalue weighted by atomic mass is 10.0. The van der Waals surface area contributed by atoms with Crippen LogP contribution in [0.1, 0.15) is 22.8 Å². The molecule has 2 aromatic rings. The van der Waals surface area contributed by atoms with Crippen LogP contribution < -0.4 is 18.9 Å². The Balaban J connectivity index is 1.40. The maximum atomic E-state index is 13.2. The Hall–Kier alpha value is -3.19. The fourth-order valence-corrected chi connectivity index (χ4v) is 4.30. The van der Waals surface area contributed by atoms with E-state index in [2.05, 4.69) is 30.0 Å². The predicted octanol–water partition coefficient (Wildman–Crippen LogP) is 3.33. The first kappa shape index (κ1) is 22.0. The summed E-state index contributed by atoms with van der Waals surface area (Å²) in [5.74, 6) is 2.31. The number of carbonyl (C=O) groups excluding carboxylic acids is 1. The van der Waals surface area contributed by atoms with Crippen LogP contribution >= 0.6 is 0 Å². The van der Waals surface area contributed by atoms with E-state index in [4.69, 9.17) is 18.9 Å². The van der Waals surface area contributed by atoms with Crippen LogP contribution in [-0.2, 0) is 0 Å². The standard InChI is InChI=1S/C25H30N2O5/c1-17(20-10-9-18-7-5-6-8-21(18)32-20)26-11-13-27(14-12-26)25(28)19-15-22(29-2)24(31-4)23(16-19)30-3/h5-10,15-17,20H,11-14H2,1-4H3. The first-order valence-corrected chi connectivity index (χ1v) is 10.8. The maximum absolute atomic E-state index is 13.2. The van der Waals surface area contributed by atoms with Gasteiger partial charge >= 0.3 is 0 Å². The zero-order chi connectivity index (χ0) is 22.7. The molecule has 2 aromatic carbocycles. The van der Waals surface area contributed by atoms with Gasteiger partial charge in [-0.1, -0.05) is 24.3 Å². The van der Waals surface area contributed by atoms with Crippen molar-refractivity contribution >= 4 is 12.0 Å². The maximum Gasteiger partial charge on any atom is 0.254 e. The predicted molar refractivity (Wildman–Crippen MR) is 123 cm³/mol. The molecular weight excluding hydrogens is 408 g/mol. The minimum Gasteiger partial charge on any atom is -0.493 e. The highest BCUT2D eigenvalue weighted by Crippen LogP contribution is 2.38. The first-order valence-electron chi connectivity index (χ1n) is 10.8. The molecule has 0 N–H and O–H groups in total. The number of fused-ring (bicyclic) bond motifs is 1. The molecule has 0 aromatic heterocycles. The summed E-state index contributed by atoms with van der Waals surface area (Å²) in [5, 5.41) is 0. The molecule has 1 saturated heterocycles. The van der Waals surface area contributed by atoms with E-state index in [1.165, 1.54) is 0 Å². The number of carbonyl (C=O) groups is 1. The van der Waals surface area contributed by atoms with Gasteiger partial charge in [0.25, 0.3) is 5.91 Å². The van der Waals surface area contributed by atoms with Gasteiger partial charge in [0, 0.05) is 43.3 Å². The van der Waals surface area contributed by atoms with Crippen molar-refractivity contribution in [2.24, 2.45) is 0 Å². The fourth-order valence-electron chi connectivity index (χ4n) is 4.30. The number of amides is 1. The summed E-state index contributed by atoms with van der Waals surface area (Å²) in [6.07, 6.45) is 4.24. The summed E-state index contributed by atoms with van der Waals surface area (Å²) in [6, 6.07) is 11.7. The number of nitrogens with zero attached hydrogens (tertiary/aromatic N) is 2. The summed E-state index contributed by atoms with van der Waals surface area (Å²) < 4.78 is 22.4. The number of hydrogen-bond donors (Lipinski definition) is 0. The topological polar surface area (TPSA) is 60.5 Å². The van der Waals surface area contributed by atoms with Gasteiger partial charge in [-0.2, -0.15) is 0 Å². The highest BCUT2D eigenvalue weighted by molar-refractivity contribution is 5.95. The van der Waals surface area contributed by atoms with Gasteiger partial charge in [-0.05, 0) is 31.2 Å². The zero-order valence-electron chi connectivity index (χ0n) is 19.0. The third-order valence-corrected chi connectivity index (χ3v) is 6.21. The van der Waals surface area contributed by atoms with Crippen molar-refractivity contribution < 1.29 is 23.7 Å². The van der Waals surface area contributed by atoms with Gasteiger partial charge in [0.15, 0.2) is 11.5 Å². The second-order valence-corrected chi connectivity index (χ2v) is 7.96. The quantitative estimate of drug-likeness (QED) is 0.690. The van der Waals surface area contributed by atoms with E-state index in [0.717, 1.165) is 24.4 Å². The van der Waals surface area contributed by atoms with Gasteiger partial charge in [0.1, 0.15) is 11.9 Å². The number of piperazine rings is 1. The van der Waals surface area contributed by atoms with Crippen molar-refractivity contribution in [2.75, 3.05) is 47.5 Å². The van der Waals surface area contributed by atoms with E-state index in [1.54, 1.807) is 33.5 Å². The van der Waals surface area contributed by atoms with E-state index >= 15 is 0 Å². The number of rotatable bonds is 6. The zero-order valence-corrected chi connectivity index (χ0v) is 19.0. The smallest absolute Gasteiger partial charge is 0.254 e. The van der Waals surface area contributed by atoms with Crippen molar-refractivity contribution in [1.82, 2.24) is 9.80 Å². The van der Waals surface area contributed by atoms with Crippen LogP contribution in [0, 0.1) is 0 Å². The molecule has 7 nitrogen and oxygen atoms in total. The van der Waals surface area contributed by atoms with Crippen LogP contribution in [0.5, 0.6) is 23.0 Å². The molecule has 2 atom stereocenters. The van der Waals surface area contributed by atoms with Gasteiger partial charge < -0.3 is 23.8 Å². The van der Waals surface area contributed by atoms with E-state index in [0.29, 0.717) is 35.9 Å². The molecule has 0 spiro atoms. The monoisotopic (exact) mass is 438 g/mol. The van der Waals surface area contributed by atoms with Crippen molar-refractivity contribution in [2.45, 2.75) is 19.1 Å². The van der Waals surface area contributed by atoms with E-state index in [-0.39, 0.29) is 18.1 Å². The van der Waals surface area contributed by atoms with Gasteiger partial charge in [0.05, 0.1) is 21.3 Å². The summed E-state index contributed by atoms with van der Waals surface area (Å²) in [5.41, 5.74) is 1.63. The lowest BCUT2D eigenvalue weighted by Gasteiger charge is -2.40. The van der Waals surface area contributed by atoms with Crippen molar-refractivity contribution in [3.05, 3.63) is 53.6 Å². The summed E-state index contributed by atoms with van der Waals surface area (Å²) in [4.78, 5) is 17.4. The minimum atomic E-state index is -0.0423. The normalized spacial score (nSPS) is 19.0. The Labute approximate surface area is 189 Å². The lowest BCUT2D eigenvalue weighted by molar-refractivity contribution is 0.0436. The second kappa shape index (κ2) is 9.53. The molecule has 2 aliphatic heterocycles. The van der Waals surface area contributed by atoms with Crippen LogP contribution in [0.25, 0.3) is 6.08 Å². The van der Waals surface area contributed by atoms with Crippen LogP contribution in [0.2, 0.25) is 0 Å². The molecule has 0 radical (unpaired) electrons. The Bertz CT molecular complexity index is 973. The molecule has 0 aliphatic carbocycles. The van der Waals surface area contributed by atoms with Crippen LogP contribution in [0.3, 0.4) is 0 Å². The minimum absolute atomic E-state index is 0.0118. The Kier molecular flexibility index (Phi) is 6.55. The average molecular weight is 439 g/mol. The summed E-state index contributed by atoms with van der Waals surface area (Å²) in [7, 11) is 4.64. The highest BCUT2D eigenvalue weighted by Gasteiger charge is 2.30. The Morgan fingerprint density at radius 3 is 2.28 bits per heavy atom. The molecule has 0 bridgehead atoms. The summed E-state index contributed by atoms with van der Waals surface area (Å²) >= 11 is 0. The van der Waals surface area contributed by atoms with Crippen molar-refractivity contribution in [3.8, 4) is 23.0 Å². The first-order chi connectivity index (χ1) is 15.5. The largest absolute Gasteiger partial charge is 0.493 e. The third kappa shape index (κ3) is 4.25. The average Bonchev–Trinajstić information content (AvgIpc) is 2.86. The number of ether oxygens (including phenoxy) is 4. The summed E-state index contributed by atoms with van der Waals surface area (Å²) in [6.45, 7) is 5.04.